The zero-order valence-corrected chi connectivity index (χ0v) is 43.6. The van der Waals surface area contributed by atoms with Crippen LogP contribution in [0.15, 0.2) is 61.2 Å². The van der Waals surface area contributed by atoms with Gasteiger partial charge in [0.1, 0.15) is 17.0 Å². The summed E-state index contributed by atoms with van der Waals surface area (Å²) in [7, 11) is 0. The number of nitrogens with zero attached hydrogens (tertiary/aromatic N) is 8. The van der Waals surface area contributed by atoms with E-state index in [1.165, 1.54) is 11.1 Å². The number of H-pyrrole nitrogens is 3. The van der Waals surface area contributed by atoms with E-state index in [9.17, 15) is 4.79 Å². The fraction of sp³-hybridized carbons (Fsp3) is 0.446. The lowest BCUT2D eigenvalue weighted by atomic mass is 9.97. The van der Waals surface area contributed by atoms with Gasteiger partial charge in [0.15, 0.2) is 17.9 Å². The number of pyridine rings is 2. The molecule has 71 heavy (non-hydrogen) atoms. The van der Waals surface area contributed by atoms with E-state index in [2.05, 4.69) is 120 Å². The molecule has 8 aromatic rings. The van der Waals surface area contributed by atoms with Crippen LogP contribution in [-0.2, 0) is 35.4 Å². The zero-order chi connectivity index (χ0) is 50.4. The number of hydrogen-bond acceptors (Lipinski definition) is 10. The molecule has 6 aromatic heterocycles. The summed E-state index contributed by atoms with van der Waals surface area (Å²) in [5, 5.41) is 18.3. The predicted molar refractivity (Wildman–Crippen MR) is 283 cm³/mol. The summed E-state index contributed by atoms with van der Waals surface area (Å²) < 4.78 is 13.8. The fourth-order valence-corrected chi connectivity index (χ4v) is 9.31. The molecule has 1 unspecified atom stereocenters. The molecular formula is C56H72N12O3. The third kappa shape index (κ3) is 11.3. The quantitative estimate of drug-likeness (QED) is 0.0772. The van der Waals surface area contributed by atoms with E-state index in [0.717, 1.165) is 166 Å². The van der Waals surface area contributed by atoms with Gasteiger partial charge < -0.3 is 29.7 Å². The van der Waals surface area contributed by atoms with Crippen LogP contribution in [0.3, 0.4) is 0 Å². The monoisotopic (exact) mass is 961 g/mol. The van der Waals surface area contributed by atoms with Crippen LogP contribution >= 0.6 is 0 Å². The van der Waals surface area contributed by atoms with Crippen molar-refractivity contribution in [1.82, 2.24) is 60.1 Å². The molecule has 1 saturated heterocycles. The molecule has 1 amide bonds. The molecule has 4 N–H and O–H groups in total. The van der Waals surface area contributed by atoms with Crippen molar-refractivity contribution in [3.8, 4) is 45.3 Å². The van der Waals surface area contributed by atoms with Gasteiger partial charge in [-0.3, -0.25) is 15.1 Å². The number of ether oxygens (including phenoxy) is 2. The van der Waals surface area contributed by atoms with E-state index in [4.69, 9.17) is 24.5 Å². The van der Waals surface area contributed by atoms with Gasteiger partial charge in [0.2, 0.25) is 0 Å². The first kappa shape index (κ1) is 50.7. The van der Waals surface area contributed by atoms with Gasteiger partial charge >= 0.3 is 6.09 Å². The molecule has 0 spiro atoms. The molecule has 15 nitrogen and oxygen atoms in total. The highest BCUT2D eigenvalue weighted by molar-refractivity contribution is 5.96. The zero-order valence-electron chi connectivity index (χ0n) is 43.6. The average Bonchev–Trinajstić information content (AvgIpc) is 4.14. The van der Waals surface area contributed by atoms with E-state index in [0.29, 0.717) is 13.1 Å². The Morgan fingerprint density at radius 3 is 2.03 bits per heavy atom. The second-order valence-electron chi connectivity index (χ2n) is 19.7. The van der Waals surface area contributed by atoms with Crippen molar-refractivity contribution in [3.63, 3.8) is 0 Å². The lowest BCUT2D eigenvalue weighted by molar-refractivity contribution is -0.0365. The Morgan fingerprint density at radius 2 is 1.42 bits per heavy atom. The van der Waals surface area contributed by atoms with E-state index >= 15 is 0 Å². The van der Waals surface area contributed by atoms with Crippen molar-refractivity contribution in [2.24, 2.45) is 0 Å². The molecule has 9 rings (SSSR count). The Hall–Kier alpha value is -6.71. The number of fused-ring (bicyclic) bond motifs is 2. The van der Waals surface area contributed by atoms with Crippen LogP contribution in [0.2, 0.25) is 0 Å². The smallest absolute Gasteiger partial charge is 0.410 e. The molecule has 0 bridgehead atoms. The SMILES string of the molecule is CCCc1nc(-c2n[nH]c3ccc(-c4cncc(CNCC)c4C)cc23)[nH]c1C.CCCc1nc(-c2nn(C3CCCCO3)c3ccc(-c4cncc(CN(CC)C(=O)OC(C)(C)C)c4C)cc23)[nH]c1C. The van der Waals surface area contributed by atoms with Crippen LogP contribution in [0.4, 0.5) is 4.79 Å². The van der Waals surface area contributed by atoms with E-state index in [1.54, 1.807) is 4.90 Å². The van der Waals surface area contributed by atoms with Gasteiger partial charge in [0.25, 0.3) is 0 Å². The van der Waals surface area contributed by atoms with E-state index in [1.807, 2.05) is 57.2 Å². The largest absolute Gasteiger partial charge is 0.444 e. The highest BCUT2D eigenvalue weighted by Gasteiger charge is 2.26. The number of amides is 1. The van der Waals surface area contributed by atoms with Crippen molar-refractivity contribution in [3.05, 3.63) is 106 Å². The summed E-state index contributed by atoms with van der Waals surface area (Å²) >= 11 is 0. The summed E-state index contributed by atoms with van der Waals surface area (Å²) in [6.07, 6.45) is 14.4. The highest BCUT2D eigenvalue weighted by Crippen LogP contribution is 2.37. The second kappa shape index (κ2) is 22.2. The molecule has 2 aromatic carbocycles. The molecule has 0 aliphatic carbocycles. The molecular weight excluding hydrogens is 889 g/mol. The maximum absolute atomic E-state index is 12.8. The third-order valence-electron chi connectivity index (χ3n) is 13.3. The van der Waals surface area contributed by atoms with Crippen molar-refractivity contribution in [2.45, 2.75) is 146 Å². The number of benzene rings is 2. The van der Waals surface area contributed by atoms with Gasteiger partial charge in [-0.25, -0.2) is 19.4 Å². The lowest BCUT2D eigenvalue weighted by Gasteiger charge is -2.27. The summed E-state index contributed by atoms with van der Waals surface area (Å²) in [5.74, 6) is 1.61. The van der Waals surface area contributed by atoms with Gasteiger partial charge in [-0.2, -0.15) is 10.2 Å². The predicted octanol–water partition coefficient (Wildman–Crippen LogP) is 12.2. The first-order chi connectivity index (χ1) is 34.2. The normalized spacial score (nSPS) is 14.0. The Balaban J connectivity index is 0.000000204. The number of carbonyl (C=O) groups is 1. The Morgan fingerprint density at radius 1 is 0.803 bits per heavy atom. The van der Waals surface area contributed by atoms with Gasteiger partial charge in [-0.15, -0.1) is 0 Å². The van der Waals surface area contributed by atoms with Crippen LogP contribution in [-0.4, -0.2) is 86.2 Å². The molecule has 7 heterocycles. The van der Waals surface area contributed by atoms with Crippen molar-refractivity contribution in [1.29, 1.82) is 0 Å². The minimum Gasteiger partial charge on any atom is -0.444 e. The molecule has 0 saturated carbocycles. The Labute approximate surface area is 418 Å². The van der Waals surface area contributed by atoms with Crippen LogP contribution in [0.1, 0.15) is 132 Å². The van der Waals surface area contributed by atoms with Crippen molar-refractivity contribution < 1.29 is 14.3 Å². The average molecular weight is 961 g/mol. The third-order valence-corrected chi connectivity index (χ3v) is 13.3. The molecule has 374 valence electrons. The number of nitrogens with one attached hydrogen (secondary N) is 4. The van der Waals surface area contributed by atoms with Gasteiger partial charge in [0.05, 0.1) is 29.0 Å². The molecule has 15 heteroatoms. The van der Waals surface area contributed by atoms with Gasteiger partial charge in [0, 0.05) is 77.8 Å². The number of imidazole rings is 2. The standard InChI is InChI=1S/C33H44N6O3.C23H28N6/c1-8-12-27-22(4)35-31(36-27)30-25-17-23(14-15-28(25)39(37-30)29-13-10-11-16-41-29)26-19-34-18-24(21(26)3)20-38(9-2)32(40)42-33(5,6)7;1-5-7-20-15(4)26-23(27-20)22-18-10-16(8-9-21(18)28-29-22)19-13-25-12-17(14(19)3)11-24-6-2/h14-15,17-19,29H,8-13,16,20H2,1-7H3,(H,35,36);8-10,12-13,24H,5-7,11H2,1-4H3,(H,26,27)(H,28,29). The van der Waals surface area contributed by atoms with Crippen LogP contribution in [0.5, 0.6) is 0 Å². The number of aromatic amines is 3. The van der Waals surface area contributed by atoms with Crippen molar-refractivity contribution >= 4 is 27.9 Å². The first-order valence-corrected chi connectivity index (χ1v) is 25.5. The summed E-state index contributed by atoms with van der Waals surface area (Å²) in [5.41, 5.74) is 16.5. The minimum atomic E-state index is -0.552. The fourth-order valence-electron chi connectivity index (χ4n) is 9.31. The number of hydrogen-bond donors (Lipinski definition) is 4. The van der Waals surface area contributed by atoms with Crippen molar-refractivity contribution in [2.75, 3.05) is 19.7 Å². The summed E-state index contributed by atoms with van der Waals surface area (Å²) in [6, 6.07) is 12.8. The summed E-state index contributed by atoms with van der Waals surface area (Å²) in [4.78, 5) is 40.3. The van der Waals surface area contributed by atoms with Crippen LogP contribution < -0.4 is 5.32 Å². The Kier molecular flexibility index (Phi) is 15.8. The van der Waals surface area contributed by atoms with E-state index in [-0.39, 0.29) is 12.3 Å². The maximum atomic E-state index is 12.8. The van der Waals surface area contributed by atoms with Gasteiger partial charge in [-0.1, -0.05) is 45.7 Å². The topological polar surface area (TPSA) is 180 Å². The maximum Gasteiger partial charge on any atom is 0.410 e. The molecule has 1 aliphatic heterocycles. The number of carbonyl (C=O) groups excluding carboxylic acids is 1. The van der Waals surface area contributed by atoms with E-state index < -0.39 is 5.60 Å². The lowest BCUT2D eigenvalue weighted by Crippen LogP contribution is -2.36. The van der Waals surface area contributed by atoms with Crippen LogP contribution in [0.25, 0.3) is 67.1 Å². The second-order valence-corrected chi connectivity index (χ2v) is 19.7. The van der Waals surface area contributed by atoms with Crippen LogP contribution in [0, 0.1) is 27.7 Å². The molecule has 0 radical (unpaired) electrons. The number of rotatable bonds is 15. The minimum absolute atomic E-state index is 0.0911. The molecule has 1 aliphatic rings. The first-order valence-electron chi connectivity index (χ1n) is 25.5. The number of aryl methyl sites for hydroxylation is 4. The summed E-state index contributed by atoms with van der Waals surface area (Å²) in [6.45, 7) is 25.9. The molecule has 1 atom stereocenters. The number of aromatic nitrogens is 10. The Bertz CT molecular complexity index is 3110. The molecule has 1 fully saturated rings. The van der Waals surface area contributed by atoms with Gasteiger partial charge in [-0.05, 0) is 152 Å². The highest BCUT2D eigenvalue weighted by atomic mass is 16.6.